The van der Waals surface area contributed by atoms with Crippen LogP contribution in [-0.4, -0.2) is 55.5 Å². The SMILES string of the molecule is COC(=O)C=CC(=O)OCCOCCC[Si](C)(C)O[Si](C)(C)C. The van der Waals surface area contributed by atoms with Crippen LogP contribution in [0.2, 0.25) is 38.8 Å². The molecule has 0 amide bonds. The molecule has 0 unspecified atom stereocenters. The van der Waals surface area contributed by atoms with E-state index in [1.54, 1.807) is 0 Å². The highest BCUT2D eigenvalue weighted by Crippen LogP contribution is 2.19. The maximum Gasteiger partial charge on any atom is 0.331 e. The lowest BCUT2D eigenvalue weighted by molar-refractivity contribution is -0.140. The summed E-state index contributed by atoms with van der Waals surface area (Å²) in [7, 11) is -1.85. The van der Waals surface area contributed by atoms with Gasteiger partial charge in [0.05, 0.1) is 13.7 Å². The van der Waals surface area contributed by atoms with Crippen molar-refractivity contribution in [3.63, 3.8) is 0 Å². The van der Waals surface area contributed by atoms with Crippen LogP contribution in [0.5, 0.6) is 0 Å². The Morgan fingerprint density at radius 3 is 2.09 bits per heavy atom. The Labute approximate surface area is 141 Å². The fraction of sp³-hybridized carbons (Fsp3) is 0.733. The van der Waals surface area contributed by atoms with E-state index in [4.69, 9.17) is 13.6 Å². The van der Waals surface area contributed by atoms with Crippen LogP contribution < -0.4 is 0 Å². The predicted molar refractivity (Wildman–Crippen MR) is 94.3 cm³/mol. The normalized spacial score (nSPS) is 12.4. The number of hydrogen-bond donors (Lipinski definition) is 0. The molecule has 0 aliphatic rings. The van der Waals surface area contributed by atoms with Gasteiger partial charge in [-0.15, -0.1) is 0 Å². The van der Waals surface area contributed by atoms with Crippen molar-refractivity contribution < 1.29 is 27.9 Å². The molecular formula is C15H30O6Si2. The smallest absolute Gasteiger partial charge is 0.331 e. The standard InChI is InChI=1S/C15H30O6Si2/c1-18-14(16)8-9-15(17)20-12-11-19-10-7-13-23(5,6)21-22(2,3)4/h8-9H,7,10-13H2,1-6H3. The lowest BCUT2D eigenvalue weighted by Crippen LogP contribution is -2.42. The second kappa shape index (κ2) is 10.7. The summed E-state index contributed by atoms with van der Waals surface area (Å²) in [5, 5.41) is 0. The summed E-state index contributed by atoms with van der Waals surface area (Å²) in [6.07, 6.45) is 3.00. The lowest BCUT2D eigenvalue weighted by Gasteiger charge is -2.31. The van der Waals surface area contributed by atoms with Crippen LogP contribution >= 0.6 is 0 Å². The van der Waals surface area contributed by atoms with E-state index in [9.17, 15) is 9.59 Å². The molecule has 8 heteroatoms. The zero-order chi connectivity index (χ0) is 17.9. The molecule has 6 nitrogen and oxygen atoms in total. The Morgan fingerprint density at radius 2 is 1.52 bits per heavy atom. The van der Waals surface area contributed by atoms with Gasteiger partial charge in [0.15, 0.2) is 16.6 Å². The first kappa shape index (κ1) is 22.0. The van der Waals surface area contributed by atoms with Crippen LogP contribution in [0.15, 0.2) is 12.2 Å². The van der Waals surface area contributed by atoms with E-state index in [1.165, 1.54) is 7.11 Å². The van der Waals surface area contributed by atoms with Gasteiger partial charge in [-0.1, -0.05) is 0 Å². The van der Waals surface area contributed by atoms with Crippen molar-refractivity contribution in [2.45, 2.75) is 45.2 Å². The van der Waals surface area contributed by atoms with E-state index in [0.717, 1.165) is 24.6 Å². The Balaban J connectivity index is 3.69. The molecule has 0 bridgehead atoms. The number of ether oxygens (including phenoxy) is 3. The summed E-state index contributed by atoms with van der Waals surface area (Å²) in [5.74, 6) is -1.18. The minimum absolute atomic E-state index is 0.163. The number of rotatable bonds is 11. The zero-order valence-electron chi connectivity index (χ0n) is 15.1. The van der Waals surface area contributed by atoms with E-state index < -0.39 is 28.6 Å². The van der Waals surface area contributed by atoms with Crippen LogP contribution in [0.25, 0.3) is 0 Å². The summed E-state index contributed by atoms with van der Waals surface area (Å²) in [6.45, 7) is 12.2. The summed E-state index contributed by atoms with van der Waals surface area (Å²) < 4.78 is 20.9. The van der Waals surface area contributed by atoms with Crippen molar-refractivity contribution in [2.75, 3.05) is 26.9 Å². The highest BCUT2D eigenvalue weighted by atomic mass is 28.4. The van der Waals surface area contributed by atoms with Crippen LogP contribution in [0.3, 0.4) is 0 Å². The molecule has 23 heavy (non-hydrogen) atoms. The third-order valence-electron chi connectivity index (χ3n) is 2.68. The molecule has 0 rings (SSSR count). The minimum Gasteiger partial charge on any atom is -0.466 e. The van der Waals surface area contributed by atoms with Gasteiger partial charge in [0, 0.05) is 18.8 Å². The molecule has 0 saturated carbocycles. The highest BCUT2D eigenvalue weighted by Gasteiger charge is 2.28. The third kappa shape index (κ3) is 14.4. The molecule has 0 N–H and O–H groups in total. The first-order valence-electron chi connectivity index (χ1n) is 7.76. The number of hydrogen-bond acceptors (Lipinski definition) is 6. The van der Waals surface area contributed by atoms with Crippen LogP contribution in [0, 0.1) is 0 Å². The monoisotopic (exact) mass is 362 g/mol. The largest absolute Gasteiger partial charge is 0.466 e. The zero-order valence-corrected chi connectivity index (χ0v) is 17.1. The van der Waals surface area contributed by atoms with Gasteiger partial charge >= 0.3 is 11.9 Å². The molecule has 0 radical (unpaired) electrons. The van der Waals surface area contributed by atoms with Crippen LogP contribution in [0.4, 0.5) is 0 Å². The average molecular weight is 363 g/mol. The summed E-state index contributed by atoms with van der Waals surface area (Å²) in [6, 6.07) is 1.05. The maximum atomic E-state index is 11.2. The van der Waals surface area contributed by atoms with Gasteiger partial charge in [0.1, 0.15) is 6.61 Å². The fourth-order valence-corrected chi connectivity index (χ4v) is 10.1. The van der Waals surface area contributed by atoms with E-state index in [0.29, 0.717) is 13.2 Å². The van der Waals surface area contributed by atoms with Crippen molar-refractivity contribution in [3.8, 4) is 0 Å². The number of esters is 2. The molecule has 0 aromatic carbocycles. The van der Waals surface area contributed by atoms with Gasteiger partial charge < -0.3 is 18.3 Å². The van der Waals surface area contributed by atoms with Crippen LogP contribution in [0.1, 0.15) is 6.42 Å². The van der Waals surface area contributed by atoms with E-state index >= 15 is 0 Å². The van der Waals surface area contributed by atoms with Gasteiger partial charge in [-0.3, -0.25) is 0 Å². The van der Waals surface area contributed by atoms with E-state index in [-0.39, 0.29) is 6.61 Å². The molecule has 0 spiro atoms. The van der Waals surface area contributed by atoms with Gasteiger partial charge in [-0.05, 0) is 45.2 Å². The molecule has 0 aliphatic heterocycles. The molecule has 0 aromatic heterocycles. The second-order valence-corrected chi connectivity index (χ2v) is 15.8. The first-order valence-corrected chi connectivity index (χ1v) is 14.3. The topological polar surface area (TPSA) is 71.1 Å². The average Bonchev–Trinajstić information content (AvgIpc) is 2.40. The Hall–Kier alpha value is -0.966. The second-order valence-electron chi connectivity index (χ2n) is 6.71. The van der Waals surface area contributed by atoms with Crippen molar-refractivity contribution in [2.24, 2.45) is 0 Å². The molecular weight excluding hydrogens is 332 g/mol. The Morgan fingerprint density at radius 1 is 0.913 bits per heavy atom. The van der Waals surface area contributed by atoms with Crippen molar-refractivity contribution in [1.29, 1.82) is 0 Å². The van der Waals surface area contributed by atoms with Gasteiger partial charge in [-0.2, -0.15) is 0 Å². The summed E-state index contributed by atoms with van der Waals surface area (Å²) in [4.78, 5) is 22.0. The molecule has 0 atom stereocenters. The number of methoxy groups -OCH3 is 1. The molecule has 0 fully saturated rings. The third-order valence-corrected chi connectivity index (χ3v) is 8.90. The van der Waals surface area contributed by atoms with Gasteiger partial charge in [-0.25, -0.2) is 9.59 Å². The quantitative estimate of drug-likeness (QED) is 0.244. The predicted octanol–water partition coefficient (Wildman–Crippen LogP) is 2.72. The van der Waals surface area contributed by atoms with Crippen molar-refractivity contribution in [1.82, 2.24) is 0 Å². The maximum absolute atomic E-state index is 11.2. The molecule has 0 aliphatic carbocycles. The van der Waals surface area contributed by atoms with E-state index in [2.05, 4.69) is 37.5 Å². The molecule has 134 valence electrons. The highest BCUT2D eigenvalue weighted by molar-refractivity contribution is 6.84. The van der Waals surface area contributed by atoms with E-state index in [1.807, 2.05) is 0 Å². The summed E-state index contributed by atoms with van der Waals surface area (Å²) >= 11 is 0. The van der Waals surface area contributed by atoms with Crippen molar-refractivity contribution >= 4 is 28.6 Å². The number of carbonyl (C=O) groups excluding carboxylic acids is 2. The van der Waals surface area contributed by atoms with Gasteiger partial charge in [0.2, 0.25) is 0 Å². The number of carbonyl (C=O) groups is 2. The van der Waals surface area contributed by atoms with Crippen molar-refractivity contribution in [3.05, 3.63) is 12.2 Å². The first-order chi connectivity index (χ1) is 10.6. The lowest BCUT2D eigenvalue weighted by atomic mass is 10.5. The summed E-state index contributed by atoms with van der Waals surface area (Å²) in [5.41, 5.74) is 0. The van der Waals surface area contributed by atoms with Crippen LogP contribution in [-0.2, 0) is 27.9 Å². The fourth-order valence-electron chi connectivity index (χ4n) is 2.04. The Kier molecular flexibility index (Phi) is 10.3. The Bertz CT molecular complexity index is 401. The minimum atomic E-state index is -1.61. The van der Waals surface area contributed by atoms with Gasteiger partial charge in [0.25, 0.3) is 0 Å². The molecule has 0 saturated heterocycles. The molecule has 0 aromatic rings. The molecule has 0 heterocycles.